The van der Waals surface area contributed by atoms with Crippen LogP contribution in [0.2, 0.25) is 0 Å². The lowest BCUT2D eigenvalue weighted by atomic mass is 10.1. The molecule has 12 nitrogen and oxygen atoms in total. The zero-order valence-electron chi connectivity index (χ0n) is 15.6. The highest BCUT2D eigenvalue weighted by molar-refractivity contribution is 7.89. The van der Waals surface area contributed by atoms with Crippen molar-refractivity contribution in [1.82, 2.24) is 24.2 Å². The number of hydrogen-bond donors (Lipinski definition) is 4. The van der Waals surface area contributed by atoms with Crippen LogP contribution in [0.4, 0.5) is 10.2 Å². The molecule has 0 saturated carbocycles. The highest BCUT2D eigenvalue weighted by atomic mass is 32.2. The topological polar surface area (TPSA) is 189 Å². The van der Waals surface area contributed by atoms with Crippen molar-refractivity contribution in [2.24, 2.45) is 0 Å². The maximum Gasteiger partial charge on any atom is 0.240 e. The number of benzene rings is 1. The number of nitriles is 1. The first-order valence-electron chi connectivity index (χ1n) is 8.87. The minimum Gasteiger partial charge on any atom is -0.387 e. The summed E-state index contributed by atoms with van der Waals surface area (Å²) in [6.45, 7) is -0.403. The molecule has 2 aromatic heterocycles. The highest BCUT2D eigenvalue weighted by Crippen LogP contribution is 2.32. The first-order valence-corrected chi connectivity index (χ1v) is 10.3. The second kappa shape index (κ2) is 7.80. The fraction of sp³-hybridized carbons (Fsp3) is 0.294. The molecule has 0 bridgehead atoms. The van der Waals surface area contributed by atoms with Crippen molar-refractivity contribution in [3.8, 4) is 6.07 Å². The lowest BCUT2D eigenvalue weighted by Gasteiger charge is -2.16. The van der Waals surface area contributed by atoms with Crippen LogP contribution in [0.15, 0.2) is 35.7 Å². The van der Waals surface area contributed by atoms with Crippen molar-refractivity contribution < 1.29 is 27.8 Å². The summed E-state index contributed by atoms with van der Waals surface area (Å²) in [7, 11) is -4.15. The SMILES string of the molecule is N#Cc1cc(S(=O)(=O)NC[C@H]2O[C@@H](n3cnc4c(N)ncnc43)[C@H](O)[C@@H]2O)ccc1F. The molecule has 0 spiro atoms. The summed E-state index contributed by atoms with van der Waals surface area (Å²) in [5.41, 5.74) is 5.85. The maximum absolute atomic E-state index is 13.5. The molecule has 0 radical (unpaired) electrons. The van der Waals surface area contributed by atoms with Gasteiger partial charge in [-0.15, -0.1) is 0 Å². The number of nitrogens with one attached hydrogen (secondary N) is 1. The number of aliphatic hydroxyl groups excluding tert-OH is 2. The predicted octanol–water partition coefficient (Wildman–Crippen LogP) is -0.983. The Bertz CT molecular complexity index is 1290. The summed E-state index contributed by atoms with van der Waals surface area (Å²) in [6, 6.07) is 4.33. The van der Waals surface area contributed by atoms with Gasteiger partial charge in [0.1, 0.15) is 42.0 Å². The Morgan fingerprint density at radius 2 is 2.06 bits per heavy atom. The van der Waals surface area contributed by atoms with Crippen LogP contribution in [0, 0.1) is 17.1 Å². The van der Waals surface area contributed by atoms with Gasteiger partial charge in [0.2, 0.25) is 10.0 Å². The fourth-order valence-corrected chi connectivity index (χ4v) is 4.29. The van der Waals surface area contributed by atoms with E-state index in [1.807, 2.05) is 0 Å². The first-order chi connectivity index (χ1) is 14.7. The monoisotopic (exact) mass is 449 g/mol. The zero-order valence-corrected chi connectivity index (χ0v) is 16.4. The fourth-order valence-electron chi connectivity index (χ4n) is 3.22. The van der Waals surface area contributed by atoms with Crippen LogP contribution < -0.4 is 10.5 Å². The molecular weight excluding hydrogens is 433 g/mol. The highest BCUT2D eigenvalue weighted by Gasteiger charge is 2.44. The van der Waals surface area contributed by atoms with E-state index in [4.69, 9.17) is 15.7 Å². The van der Waals surface area contributed by atoms with Crippen LogP contribution in [0.25, 0.3) is 11.2 Å². The Hall–Kier alpha value is -3.22. The van der Waals surface area contributed by atoms with Gasteiger partial charge in [-0.1, -0.05) is 0 Å². The Balaban J connectivity index is 1.52. The van der Waals surface area contributed by atoms with Gasteiger partial charge in [0.25, 0.3) is 0 Å². The van der Waals surface area contributed by atoms with E-state index in [1.54, 1.807) is 6.07 Å². The van der Waals surface area contributed by atoms with Crippen LogP contribution in [0.1, 0.15) is 11.8 Å². The third-order valence-corrected chi connectivity index (χ3v) is 6.26. The van der Waals surface area contributed by atoms with Crippen molar-refractivity contribution in [3.05, 3.63) is 42.2 Å². The Kier molecular flexibility index (Phi) is 5.29. The van der Waals surface area contributed by atoms with Gasteiger partial charge in [0.15, 0.2) is 17.7 Å². The lowest BCUT2D eigenvalue weighted by molar-refractivity contribution is -0.0330. The second-order valence-electron chi connectivity index (χ2n) is 6.73. The van der Waals surface area contributed by atoms with Gasteiger partial charge in [0, 0.05) is 6.54 Å². The number of nitrogen functional groups attached to an aromatic ring is 1. The van der Waals surface area contributed by atoms with E-state index in [0.717, 1.165) is 18.2 Å². The molecule has 1 saturated heterocycles. The van der Waals surface area contributed by atoms with E-state index in [0.29, 0.717) is 0 Å². The van der Waals surface area contributed by atoms with Gasteiger partial charge in [-0.3, -0.25) is 4.57 Å². The number of nitrogens with zero attached hydrogens (tertiary/aromatic N) is 5. The molecule has 1 aliphatic rings. The number of hydrogen-bond acceptors (Lipinski definition) is 10. The smallest absolute Gasteiger partial charge is 0.240 e. The average molecular weight is 449 g/mol. The zero-order chi connectivity index (χ0) is 22.3. The summed E-state index contributed by atoms with van der Waals surface area (Å²) in [4.78, 5) is 11.6. The lowest BCUT2D eigenvalue weighted by Crippen LogP contribution is -2.39. The predicted molar refractivity (Wildman–Crippen MR) is 102 cm³/mol. The van der Waals surface area contributed by atoms with Crippen molar-refractivity contribution in [3.63, 3.8) is 0 Å². The molecule has 0 amide bonds. The normalized spacial score (nSPS) is 23.8. The number of sulfonamides is 1. The van der Waals surface area contributed by atoms with Crippen molar-refractivity contribution in [2.45, 2.75) is 29.4 Å². The molecule has 14 heteroatoms. The Labute approximate surface area is 174 Å². The van der Waals surface area contributed by atoms with Gasteiger partial charge in [-0.25, -0.2) is 32.5 Å². The Morgan fingerprint density at radius 3 is 2.81 bits per heavy atom. The standard InChI is InChI=1S/C17H16FN7O5S/c18-10-2-1-9(3-8(10)4-19)31(28,29)24-5-11-13(26)14(27)17(30-11)25-7-23-12-15(20)21-6-22-16(12)25/h1-3,6-7,11,13-14,17,24,26-27H,5H2,(H2,20,21,22)/t11-,13-,14-,17-/m1/s1. The van der Waals surface area contributed by atoms with Gasteiger partial charge in [0.05, 0.1) is 16.8 Å². The molecule has 5 N–H and O–H groups in total. The summed E-state index contributed by atoms with van der Waals surface area (Å²) >= 11 is 0. The summed E-state index contributed by atoms with van der Waals surface area (Å²) in [5.74, 6) is -0.726. The second-order valence-corrected chi connectivity index (χ2v) is 8.50. The number of anilines is 1. The number of aromatic nitrogens is 4. The molecule has 1 fully saturated rings. The average Bonchev–Trinajstić information content (AvgIpc) is 3.29. The van der Waals surface area contributed by atoms with Crippen LogP contribution in [-0.2, 0) is 14.8 Å². The van der Waals surface area contributed by atoms with Crippen LogP contribution in [0.5, 0.6) is 0 Å². The molecule has 0 aliphatic carbocycles. The molecule has 4 atom stereocenters. The molecular formula is C17H16FN7O5S. The quantitative estimate of drug-likeness (QED) is 0.376. The number of rotatable bonds is 5. The number of fused-ring (bicyclic) bond motifs is 1. The van der Waals surface area contributed by atoms with E-state index in [1.165, 1.54) is 17.2 Å². The Morgan fingerprint density at radius 1 is 1.29 bits per heavy atom. The van der Waals surface area contributed by atoms with Crippen molar-refractivity contribution >= 4 is 27.0 Å². The van der Waals surface area contributed by atoms with Crippen molar-refractivity contribution in [1.29, 1.82) is 5.26 Å². The van der Waals surface area contributed by atoms with Crippen molar-refractivity contribution in [2.75, 3.05) is 12.3 Å². The molecule has 1 aliphatic heterocycles. The van der Waals surface area contributed by atoms with Gasteiger partial charge in [-0.05, 0) is 18.2 Å². The van der Waals surface area contributed by atoms with E-state index in [-0.39, 0.29) is 21.9 Å². The third kappa shape index (κ3) is 3.69. The largest absolute Gasteiger partial charge is 0.387 e. The molecule has 3 heterocycles. The number of halogens is 1. The van der Waals surface area contributed by atoms with E-state index >= 15 is 0 Å². The number of aliphatic hydroxyl groups is 2. The van der Waals surface area contributed by atoms with Gasteiger partial charge in [-0.2, -0.15) is 5.26 Å². The van der Waals surface area contributed by atoms with Crippen LogP contribution in [0.3, 0.4) is 0 Å². The maximum atomic E-state index is 13.5. The van der Waals surface area contributed by atoms with Crippen LogP contribution >= 0.6 is 0 Å². The molecule has 1 aromatic carbocycles. The minimum atomic E-state index is -4.15. The minimum absolute atomic E-state index is 0.122. The summed E-state index contributed by atoms with van der Waals surface area (Å²) in [6.07, 6.45) is -2.57. The first kappa shape index (κ1) is 21.0. The summed E-state index contributed by atoms with van der Waals surface area (Å²) < 4.78 is 47.7. The molecule has 31 heavy (non-hydrogen) atoms. The van der Waals surface area contributed by atoms with Gasteiger partial charge < -0.3 is 20.7 Å². The van der Waals surface area contributed by atoms with Crippen LogP contribution in [-0.4, -0.2) is 63.0 Å². The van der Waals surface area contributed by atoms with E-state index < -0.39 is 52.5 Å². The number of nitrogens with two attached hydrogens (primary N) is 1. The van der Waals surface area contributed by atoms with E-state index in [2.05, 4.69) is 19.7 Å². The van der Waals surface area contributed by atoms with E-state index in [9.17, 15) is 23.0 Å². The van der Waals surface area contributed by atoms with Gasteiger partial charge >= 0.3 is 0 Å². The molecule has 4 rings (SSSR count). The molecule has 162 valence electrons. The number of ether oxygens (including phenoxy) is 1. The molecule has 0 unspecified atom stereocenters. The molecule has 3 aromatic rings. The summed E-state index contributed by atoms with van der Waals surface area (Å²) in [5, 5.41) is 29.6. The third-order valence-electron chi connectivity index (χ3n) is 4.84. The number of imidazole rings is 1.